The zero-order valence-corrected chi connectivity index (χ0v) is 31.6. The number of carbonyl (C=O) groups excluding carboxylic acids is 4. The molecule has 16 nitrogen and oxygen atoms in total. The molecule has 0 spiro atoms. The van der Waals surface area contributed by atoms with E-state index in [1.807, 2.05) is 6.92 Å². The smallest absolute Gasteiger partial charge is 0.407 e. The van der Waals surface area contributed by atoms with Crippen LogP contribution in [-0.2, 0) is 46.1 Å². The number of carboxylic acid groups (broad SMARTS) is 2. The zero-order valence-electron chi connectivity index (χ0n) is 30.8. The fourth-order valence-corrected chi connectivity index (χ4v) is 4.65. The molecule has 4 amide bonds. The summed E-state index contributed by atoms with van der Waals surface area (Å²) in [5, 5.41) is 28.6. The van der Waals surface area contributed by atoms with Crippen LogP contribution in [0.25, 0.3) is 0 Å². The topological polar surface area (TPSA) is 246 Å². The van der Waals surface area contributed by atoms with Crippen molar-refractivity contribution in [2.75, 3.05) is 13.1 Å². The molecule has 0 aliphatic heterocycles. The molecule has 3 unspecified atom stereocenters. The largest absolute Gasteiger partial charge is 0.481 e. The molecule has 1 heterocycles. The van der Waals surface area contributed by atoms with Crippen molar-refractivity contribution in [2.45, 2.75) is 77.0 Å². The van der Waals surface area contributed by atoms with E-state index >= 15 is 0 Å². The van der Waals surface area contributed by atoms with E-state index in [1.54, 1.807) is 73.2 Å². The Labute approximate surface area is 317 Å². The van der Waals surface area contributed by atoms with E-state index < -0.39 is 84.6 Å². The van der Waals surface area contributed by atoms with Crippen LogP contribution in [0.4, 0.5) is 4.79 Å². The molecule has 2 aromatic carbocycles. The number of hydrogen-bond acceptors (Lipinski definition) is 9. The van der Waals surface area contributed by atoms with Gasteiger partial charge in [-0.2, -0.15) is 0 Å². The molecule has 3 atom stereocenters. The highest BCUT2D eigenvalue weighted by Crippen LogP contribution is 2.08. The van der Waals surface area contributed by atoms with Crippen molar-refractivity contribution in [3.63, 3.8) is 0 Å². The molecule has 54 heavy (non-hydrogen) atoms. The lowest BCUT2D eigenvalue weighted by molar-refractivity contribution is -0.139. The Morgan fingerprint density at radius 1 is 0.889 bits per heavy atom. The van der Waals surface area contributed by atoms with E-state index in [2.05, 4.69) is 52.0 Å². The Morgan fingerprint density at radius 2 is 1.48 bits per heavy atom. The molecule has 1 aromatic heterocycles. The van der Waals surface area contributed by atoms with E-state index in [9.17, 15) is 33.0 Å². The minimum absolute atomic E-state index is 0.0337. The van der Waals surface area contributed by atoms with Gasteiger partial charge in [0, 0.05) is 28.6 Å². The monoisotopic (exact) mass is 770 g/mol. The fraction of sp³-hybridized carbons (Fsp3) is 0.378. The second-order valence-corrected chi connectivity index (χ2v) is 13.3. The van der Waals surface area contributed by atoms with Gasteiger partial charge in [-0.05, 0) is 37.0 Å². The summed E-state index contributed by atoms with van der Waals surface area (Å²) < 4.78 is 17.4. The van der Waals surface area contributed by atoms with Crippen LogP contribution < -0.4 is 21.3 Å². The van der Waals surface area contributed by atoms with Crippen molar-refractivity contribution >= 4 is 46.6 Å². The third-order valence-electron chi connectivity index (χ3n) is 6.93. The lowest BCUT2D eigenvalue weighted by Gasteiger charge is -2.19. The first kappa shape index (κ1) is 46.2. The van der Waals surface area contributed by atoms with Gasteiger partial charge in [0.05, 0.1) is 36.1 Å². The van der Waals surface area contributed by atoms with Gasteiger partial charge in [-0.3, -0.25) is 24.0 Å². The predicted molar refractivity (Wildman–Crippen MR) is 201 cm³/mol. The van der Waals surface area contributed by atoms with E-state index in [0.717, 1.165) is 17.2 Å². The molecule has 0 fully saturated rings. The van der Waals surface area contributed by atoms with Crippen molar-refractivity contribution in [1.82, 2.24) is 31.2 Å². The Kier molecular flexibility index (Phi) is 23.0. The normalized spacial score (nSPS) is 12.0. The molecule has 7 N–H and O–H groups in total. The Balaban J connectivity index is 0.00000114. The highest BCUT2D eigenvalue weighted by atomic mass is 32.2. The number of aryl methyl sites for hydroxylation is 1. The Bertz CT molecular complexity index is 1640. The summed E-state index contributed by atoms with van der Waals surface area (Å²) in [4.78, 5) is 78.7. The average molecular weight is 771 g/mol. The SMILES string of the molecule is CCC(C)C.Cc1cnc[nH]1.O=C(O)CCC(NC(=O)CNC(=O)OCc1ccccc1)C(=O)NCC(=O)NC(/C=C/S(=O)c1ccccc1)CC(=O)O. The molecular weight excluding hydrogens is 721 g/mol. The van der Waals surface area contributed by atoms with Crippen LogP contribution in [0.15, 0.2) is 89.6 Å². The first-order valence-electron chi connectivity index (χ1n) is 17.0. The molecule has 0 bridgehead atoms. The van der Waals surface area contributed by atoms with Gasteiger partial charge < -0.3 is 41.2 Å². The molecule has 17 heteroatoms. The van der Waals surface area contributed by atoms with Crippen molar-refractivity contribution in [3.8, 4) is 0 Å². The Hall–Kier alpha value is -5.84. The van der Waals surface area contributed by atoms with Crippen LogP contribution in [0, 0.1) is 12.8 Å². The minimum atomic E-state index is -1.60. The van der Waals surface area contributed by atoms with Crippen LogP contribution in [0.5, 0.6) is 0 Å². The molecule has 0 saturated carbocycles. The quantitative estimate of drug-likeness (QED) is 0.0988. The molecule has 0 radical (unpaired) electrons. The number of rotatable bonds is 18. The molecule has 0 aliphatic carbocycles. The highest BCUT2D eigenvalue weighted by molar-refractivity contribution is 7.88. The third-order valence-corrected chi connectivity index (χ3v) is 8.07. The van der Waals surface area contributed by atoms with E-state index in [0.29, 0.717) is 4.90 Å². The average Bonchev–Trinajstić information content (AvgIpc) is 3.64. The first-order valence-corrected chi connectivity index (χ1v) is 18.2. The maximum atomic E-state index is 12.7. The van der Waals surface area contributed by atoms with E-state index in [1.165, 1.54) is 17.9 Å². The summed E-state index contributed by atoms with van der Waals surface area (Å²) in [5.41, 5.74) is 1.83. The summed E-state index contributed by atoms with van der Waals surface area (Å²) in [6.45, 7) is 7.37. The van der Waals surface area contributed by atoms with E-state index in [-0.39, 0.29) is 13.0 Å². The van der Waals surface area contributed by atoms with E-state index in [4.69, 9.17) is 14.9 Å². The molecular formula is C37H50N6O10S. The maximum Gasteiger partial charge on any atom is 0.407 e. The van der Waals surface area contributed by atoms with Crippen molar-refractivity contribution in [1.29, 1.82) is 0 Å². The number of amides is 4. The van der Waals surface area contributed by atoms with Crippen LogP contribution in [0.1, 0.15) is 57.7 Å². The lowest BCUT2D eigenvalue weighted by Crippen LogP contribution is -2.51. The number of nitrogens with zero attached hydrogens (tertiary/aromatic N) is 1. The number of imidazole rings is 1. The van der Waals surface area contributed by atoms with Gasteiger partial charge in [0.15, 0.2) is 0 Å². The van der Waals surface area contributed by atoms with Crippen molar-refractivity contribution < 1.29 is 47.9 Å². The molecule has 0 saturated heterocycles. The second-order valence-electron chi connectivity index (χ2n) is 11.9. The van der Waals surface area contributed by atoms with Gasteiger partial charge >= 0.3 is 18.0 Å². The van der Waals surface area contributed by atoms with Crippen LogP contribution in [0.3, 0.4) is 0 Å². The molecule has 0 aliphatic rings. The standard InChI is InChI=1S/C28H32N4O10S.C5H12.C4H6N2/c33-23(31-20(15-26(37)38)13-14-43(41)21-9-5-2-6-10-21)16-29-27(39)22(11-12-25(35)36)32-24(34)17-30-28(40)42-18-19-7-3-1-4-8-19;1-4-5(2)3;1-4-2-5-3-6-4/h1-10,13-14,20,22H,11-12,15-18H2,(H,29,39)(H,30,40)(H,31,33)(H,32,34)(H,35,36)(H,37,38);5H,4H2,1-3H3;2-3H,1H3,(H,5,6)/b14-13+;;. The van der Waals surface area contributed by atoms with Gasteiger partial charge in [0.1, 0.15) is 19.2 Å². The number of H-pyrrole nitrogens is 1. The van der Waals surface area contributed by atoms with Crippen LogP contribution in [-0.4, -0.2) is 85.3 Å². The minimum Gasteiger partial charge on any atom is -0.481 e. The van der Waals surface area contributed by atoms with Crippen LogP contribution >= 0.6 is 0 Å². The lowest BCUT2D eigenvalue weighted by atomic mass is 10.1. The number of hydrogen-bond donors (Lipinski definition) is 7. The zero-order chi connectivity index (χ0) is 40.3. The number of benzene rings is 2. The molecule has 3 rings (SSSR count). The number of aromatic amines is 1. The summed E-state index contributed by atoms with van der Waals surface area (Å²) in [5.74, 6) is -4.07. The number of alkyl carbamates (subject to hydrolysis) is 1. The van der Waals surface area contributed by atoms with Gasteiger partial charge in [-0.15, -0.1) is 0 Å². The summed E-state index contributed by atoms with van der Waals surface area (Å²) in [6.07, 6.45) is 3.80. The third kappa shape index (κ3) is 22.9. The number of carbonyl (C=O) groups is 6. The predicted octanol–water partition coefficient (Wildman–Crippen LogP) is 3.43. The van der Waals surface area contributed by atoms with Gasteiger partial charge in [0.2, 0.25) is 17.7 Å². The second kappa shape index (κ2) is 26.9. The van der Waals surface area contributed by atoms with Gasteiger partial charge in [-0.25, -0.2) is 14.0 Å². The summed E-state index contributed by atoms with van der Waals surface area (Å²) >= 11 is 0. The number of nitrogens with one attached hydrogen (secondary N) is 5. The number of carboxylic acids is 2. The maximum absolute atomic E-state index is 12.7. The van der Waals surface area contributed by atoms with Gasteiger partial charge in [0.25, 0.3) is 0 Å². The fourth-order valence-electron chi connectivity index (χ4n) is 3.74. The number of ether oxygens (including phenoxy) is 1. The molecule has 294 valence electrons. The van der Waals surface area contributed by atoms with Crippen molar-refractivity contribution in [2.24, 2.45) is 5.92 Å². The summed E-state index contributed by atoms with van der Waals surface area (Å²) in [7, 11) is -1.60. The van der Waals surface area contributed by atoms with Gasteiger partial charge in [-0.1, -0.05) is 81.8 Å². The Morgan fingerprint density at radius 3 is 2.00 bits per heavy atom. The van der Waals surface area contributed by atoms with Crippen LogP contribution in [0.2, 0.25) is 0 Å². The first-order chi connectivity index (χ1) is 25.7. The number of aromatic nitrogens is 2. The number of aliphatic carboxylic acids is 2. The highest BCUT2D eigenvalue weighted by Gasteiger charge is 2.23. The van der Waals surface area contributed by atoms with Crippen molar-refractivity contribution in [3.05, 3.63) is 95.9 Å². The molecule has 3 aromatic rings. The summed E-state index contributed by atoms with van der Waals surface area (Å²) in [6, 6.07) is 14.7.